The number of hydrogen-bond acceptors (Lipinski definition) is 6. The van der Waals surface area contributed by atoms with Gasteiger partial charge in [-0.05, 0) is 43.4 Å². The second-order valence-electron chi connectivity index (χ2n) is 8.32. The van der Waals surface area contributed by atoms with Crippen LogP contribution in [0.25, 0.3) is 22.3 Å². The molecule has 7 nitrogen and oxygen atoms in total. The summed E-state index contributed by atoms with van der Waals surface area (Å²) in [6, 6.07) is 12.7. The van der Waals surface area contributed by atoms with Crippen LogP contribution in [0.15, 0.2) is 60.8 Å². The van der Waals surface area contributed by atoms with Gasteiger partial charge in [0.1, 0.15) is 17.8 Å². The highest BCUT2D eigenvalue weighted by Crippen LogP contribution is 2.35. The first-order valence-electron chi connectivity index (χ1n) is 11.2. The third-order valence-corrected chi connectivity index (χ3v) is 7.17. The average molecular weight is 459 g/mol. The lowest BCUT2D eigenvalue weighted by Gasteiger charge is -2.32. The van der Waals surface area contributed by atoms with E-state index in [4.69, 9.17) is 10.8 Å². The standard InChI is InChI=1S/C25H26N6OS/c1-2-21(32)30-12-6-9-19(14-30)31-25-22(24(26)27-16-28-25)23(29-31)18-13-20(33-15-18)11-10-17-7-4-3-5-8-17/h2-5,7-8,13,15-16,19H,1,6,9-12,14H2,(H2,26,27,28). The third-order valence-electron chi connectivity index (χ3n) is 6.18. The molecule has 0 aliphatic carbocycles. The molecular weight excluding hydrogens is 432 g/mol. The molecule has 1 saturated heterocycles. The molecule has 3 aromatic heterocycles. The maximum absolute atomic E-state index is 12.2. The first-order chi connectivity index (χ1) is 16.1. The van der Waals surface area contributed by atoms with Gasteiger partial charge in [-0.1, -0.05) is 36.9 Å². The minimum Gasteiger partial charge on any atom is -0.383 e. The van der Waals surface area contributed by atoms with Crippen LogP contribution in [0, 0.1) is 0 Å². The molecule has 2 N–H and O–H groups in total. The molecule has 0 spiro atoms. The van der Waals surface area contributed by atoms with Crippen molar-refractivity contribution in [2.24, 2.45) is 0 Å². The average Bonchev–Trinajstić information content (AvgIpc) is 3.48. The Morgan fingerprint density at radius 1 is 1.24 bits per heavy atom. The van der Waals surface area contributed by atoms with Crippen LogP contribution >= 0.6 is 11.3 Å². The molecule has 8 heteroatoms. The molecule has 33 heavy (non-hydrogen) atoms. The lowest BCUT2D eigenvalue weighted by Crippen LogP contribution is -2.40. The van der Waals surface area contributed by atoms with Crippen LogP contribution in [-0.4, -0.2) is 43.6 Å². The zero-order valence-electron chi connectivity index (χ0n) is 18.4. The number of carbonyl (C=O) groups excluding carboxylic acids is 1. The SMILES string of the molecule is C=CC(=O)N1CCCC(n2nc(-c3csc(CCc4ccccc4)c3)c3c(N)ncnc32)C1. The van der Waals surface area contributed by atoms with Gasteiger partial charge in [0.2, 0.25) is 5.91 Å². The van der Waals surface area contributed by atoms with Gasteiger partial charge in [0, 0.05) is 28.9 Å². The van der Waals surface area contributed by atoms with Crippen molar-refractivity contribution in [3.8, 4) is 11.3 Å². The van der Waals surface area contributed by atoms with E-state index in [9.17, 15) is 4.79 Å². The van der Waals surface area contributed by atoms with Crippen LogP contribution in [-0.2, 0) is 17.6 Å². The molecule has 5 rings (SSSR count). The summed E-state index contributed by atoms with van der Waals surface area (Å²) < 4.78 is 1.94. The van der Waals surface area contributed by atoms with Gasteiger partial charge in [0.05, 0.1) is 11.4 Å². The van der Waals surface area contributed by atoms with E-state index >= 15 is 0 Å². The summed E-state index contributed by atoms with van der Waals surface area (Å²) >= 11 is 1.74. The fourth-order valence-corrected chi connectivity index (χ4v) is 5.36. The summed E-state index contributed by atoms with van der Waals surface area (Å²) in [6.07, 6.45) is 6.65. The molecule has 1 aliphatic rings. The van der Waals surface area contributed by atoms with Gasteiger partial charge in [-0.3, -0.25) is 4.79 Å². The smallest absolute Gasteiger partial charge is 0.246 e. The Labute approximate surface area is 196 Å². The molecular formula is C25H26N6OS. The molecule has 4 heterocycles. The Morgan fingerprint density at radius 2 is 2.09 bits per heavy atom. The summed E-state index contributed by atoms with van der Waals surface area (Å²) in [7, 11) is 0. The first kappa shape index (κ1) is 21.3. The fraction of sp³-hybridized carbons (Fsp3) is 0.280. The number of aromatic nitrogens is 4. The molecule has 1 fully saturated rings. The van der Waals surface area contributed by atoms with Crippen molar-refractivity contribution in [2.75, 3.05) is 18.8 Å². The van der Waals surface area contributed by atoms with Crippen LogP contribution in [0.3, 0.4) is 0 Å². The molecule has 0 bridgehead atoms. The van der Waals surface area contributed by atoms with Crippen LogP contribution < -0.4 is 5.73 Å². The van der Waals surface area contributed by atoms with Gasteiger partial charge in [0.25, 0.3) is 0 Å². The highest BCUT2D eigenvalue weighted by atomic mass is 32.1. The van der Waals surface area contributed by atoms with E-state index in [1.165, 1.54) is 22.8 Å². The van der Waals surface area contributed by atoms with E-state index in [1.54, 1.807) is 11.3 Å². The summed E-state index contributed by atoms with van der Waals surface area (Å²) in [5.74, 6) is 0.375. The van der Waals surface area contributed by atoms with Crippen molar-refractivity contribution in [2.45, 2.75) is 31.7 Å². The maximum atomic E-state index is 12.2. The number of nitrogens with zero attached hydrogens (tertiary/aromatic N) is 5. The number of aryl methyl sites for hydroxylation is 2. The number of benzene rings is 1. The van der Waals surface area contributed by atoms with Crippen LogP contribution in [0.1, 0.15) is 29.3 Å². The van der Waals surface area contributed by atoms with Gasteiger partial charge in [0.15, 0.2) is 5.65 Å². The minimum atomic E-state index is -0.0496. The van der Waals surface area contributed by atoms with Gasteiger partial charge < -0.3 is 10.6 Å². The Bertz CT molecular complexity index is 1290. The number of piperidine rings is 1. The number of thiophene rings is 1. The predicted molar refractivity (Wildman–Crippen MR) is 132 cm³/mol. The maximum Gasteiger partial charge on any atom is 0.246 e. The number of anilines is 1. The number of likely N-dealkylation sites (tertiary alicyclic amines) is 1. The Morgan fingerprint density at radius 3 is 2.91 bits per heavy atom. The molecule has 0 saturated carbocycles. The van der Waals surface area contributed by atoms with Gasteiger partial charge in [-0.25, -0.2) is 14.6 Å². The quantitative estimate of drug-likeness (QED) is 0.436. The summed E-state index contributed by atoms with van der Waals surface area (Å²) in [5, 5.41) is 7.88. The number of fused-ring (bicyclic) bond motifs is 1. The second-order valence-corrected chi connectivity index (χ2v) is 9.32. The second kappa shape index (κ2) is 9.15. The van der Waals surface area contributed by atoms with E-state index in [0.29, 0.717) is 18.0 Å². The fourth-order valence-electron chi connectivity index (χ4n) is 4.48. The molecule has 4 aromatic rings. The number of carbonyl (C=O) groups is 1. The van der Waals surface area contributed by atoms with Crippen molar-refractivity contribution < 1.29 is 4.79 Å². The van der Waals surface area contributed by atoms with E-state index < -0.39 is 0 Å². The highest BCUT2D eigenvalue weighted by molar-refractivity contribution is 7.10. The first-order valence-corrected chi connectivity index (χ1v) is 12.0. The van der Waals surface area contributed by atoms with E-state index in [0.717, 1.165) is 48.9 Å². The topological polar surface area (TPSA) is 89.9 Å². The minimum absolute atomic E-state index is 0.0318. The van der Waals surface area contributed by atoms with Crippen LogP contribution in [0.2, 0.25) is 0 Å². The molecule has 1 atom stereocenters. The van der Waals surface area contributed by atoms with Gasteiger partial charge in [-0.15, -0.1) is 11.3 Å². The van der Waals surface area contributed by atoms with Crippen LogP contribution in [0.4, 0.5) is 5.82 Å². The molecule has 1 amide bonds. The monoisotopic (exact) mass is 458 g/mol. The van der Waals surface area contributed by atoms with E-state index in [2.05, 4.69) is 52.3 Å². The zero-order chi connectivity index (χ0) is 22.8. The Hall–Kier alpha value is -3.52. The summed E-state index contributed by atoms with van der Waals surface area (Å²) in [5.41, 5.74) is 10.2. The molecule has 168 valence electrons. The van der Waals surface area contributed by atoms with Crippen molar-refractivity contribution in [3.63, 3.8) is 0 Å². The number of amides is 1. The van der Waals surface area contributed by atoms with Crippen molar-refractivity contribution in [3.05, 3.63) is 71.2 Å². The van der Waals surface area contributed by atoms with Crippen molar-refractivity contribution in [1.29, 1.82) is 0 Å². The largest absolute Gasteiger partial charge is 0.383 e. The van der Waals surface area contributed by atoms with E-state index in [-0.39, 0.29) is 11.9 Å². The lowest BCUT2D eigenvalue weighted by molar-refractivity contribution is -0.127. The van der Waals surface area contributed by atoms with Crippen LogP contribution in [0.5, 0.6) is 0 Å². The number of rotatable bonds is 6. The summed E-state index contributed by atoms with van der Waals surface area (Å²) in [6.45, 7) is 4.94. The number of nitrogens with two attached hydrogens (primary N) is 1. The highest BCUT2D eigenvalue weighted by Gasteiger charge is 2.28. The lowest BCUT2D eigenvalue weighted by atomic mass is 10.1. The molecule has 0 radical (unpaired) electrons. The zero-order valence-corrected chi connectivity index (χ0v) is 19.2. The van der Waals surface area contributed by atoms with E-state index in [1.807, 2.05) is 15.6 Å². The number of hydrogen-bond donors (Lipinski definition) is 1. The normalized spacial score (nSPS) is 16.2. The predicted octanol–water partition coefficient (Wildman–Crippen LogP) is 4.27. The molecule has 1 unspecified atom stereocenters. The van der Waals surface area contributed by atoms with Gasteiger partial charge in [-0.2, -0.15) is 5.10 Å². The molecule has 1 aliphatic heterocycles. The number of nitrogen functional groups attached to an aromatic ring is 1. The molecule has 1 aromatic carbocycles. The Kier molecular flexibility index (Phi) is 5.92. The Balaban J connectivity index is 1.46. The summed E-state index contributed by atoms with van der Waals surface area (Å²) in [4.78, 5) is 24.1. The van der Waals surface area contributed by atoms with Gasteiger partial charge >= 0.3 is 0 Å². The van der Waals surface area contributed by atoms with Crippen molar-refractivity contribution >= 4 is 34.1 Å². The third kappa shape index (κ3) is 4.26. The van der Waals surface area contributed by atoms with Crippen molar-refractivity contribution in [1.82, 2.24) is 24.6 Å².